The molecule has 13 heteroatoms. The van der Waals surface area contributed by atoms with Crippen LogP contribution in [0.25, 0.3) is 0 Å². The molecule has 2 saturated heterocycles. The first kappa shape index (κ1) is 49.7. The van der Waals surface area contributed by atoms with E-state index in [1.807, 2.05) is 6.07 Å². The second-order valence-electron chi connectivity index (χ2n) is 17.8. The van der Waals surface area contributed by atoms with Gasteiger partial charge in [-0.3, -0.25) is 4.79 Å². The lowest BCUT2D eigenvalue weighted by molar-refractivity contribution is 0.0847. The topological polar surface area (TPSA) is 144 Å². The molecule has 13 nitrogen and oxygen atoms in total. The van der Waals surface area contributed by atoms with Crippen molar-refractivity contribution in [3.63, 3.8) is 0 Å². The van der Waals surface area contributed by atoms with Gasteiger partial charge in [0.2, 0.25) is 0 Å². The zero-order valence-electron chi connectivity index (χ0n) is 39.0. The molecular formula is C49H82N8O5. The van der Waals surface area contributed by atoms with Crippen LogP contribution in [0.5, 0.6) is 11.5 Å². The Labute approximate surface area is 373 Å². The van der Waals surface area contributed by atoms with E-state index in [0.29, 0.717) is 60.9 Å². The maximum absolute atomic E-state index is 14.8. The summed E-state index contributed by atoms with van der Waals surface area (Å²) in [4.78, 5) is 19.9. The summed E-state index contributed by atoms with van der Waals surface area (Å²) in [6, 6.07) is 2.03. The molecule has 2 heterocycles. The maximum atomic E-state index is 14.8. The molecule has 1 aromatic carbocycles. The Morgan fingerprint density at radius 2 is 1.18 bits per heavy atom. The van der Waals surface area contributed by atoms with E-state index in [4.69, 9.17) is 14.2 Å². The summed E-state index contributed by atoms with van der Waals surface area (Å²) in [5, 5.41) is 33.2. The second kappa shape index (κ2) is 27.8. The Kier molecular flexibility index (Phi) is 22.3. The van der Waals surface area contributed by atoms with E-state index in [1.54, 1.807) is 7.11 Å². The zero-order valence-corrected chi connectivity index (χ0v) is 39.0. The third kappa shape index (κ3) is 16.1. The number of Topliss-reactive ketones (excluding diaryl/α,β-unsaturated/α-hetero) is 1. The summed E-state index contributed by atoms with van der Waals surface area (Å²) in [7, 11) is 1.67. The lowest BCUT2D eigenvalue weighted by atomic mass is 9.69. The second-order valence-corrected chi connectivity index (χ2v) is 17.8. The van der Waals surface area contributed by atoms with Crippen LogP contribution < -0.4 is 41.4 Å². The van der Waals surface area contributed by atoms with Gasteiger partial charge in [0.15, 0.2) is 17.3 Å². The number of nitrogens with zero attached hydrogens (tertiary/aromatic N) is 2. The van der Waals surface area contributed by atoms with Crippen LogP contribution in [0.4, 0.5) is 0 Å². The number of rotatable bonds is 17. The summed E-state index contributed by atoms with van der Waals surface area (Å²) >= 11 is 0. The number of allylic oxidation sites excluding steroid dienone is 7. The van der Waals surface area contributed by atoms with Gasteiger partial charge in [-0.15, -0.1) is 0 Å². The maximum Gasteiger partial charge on any atom is 0.174 e. The lowest BCUT2D eigenvalue weighted by Gasteiger charge is -2.36. The predicted molar refractivity (Wildman–Crippen MR) is 253 cm³/mol. The Morgan fingerprint density at radius 3 is 1.68 bits per heavy atom. The smallest absolute Gasteiger partial charge is 0.174 e. The van der Waals surface area contributed by atoms with E-state index in [-0.39, 0.29) is 17.5 Å². The minimum absolute atomic E-state index is 0.0570. The molecular weight excluding hydrogens is 781 g/mol. The highest BCUT2D eigenvalue weighted by Crippen LogP contribution is 2.47. The summed E-state index contributed by atoms with van der Waals surface area (Å²) in [5.74, 6) is 1.20. The molecule has 0 saturated carbocycles. The van der Waals surface area contributed by atoms with Crippen LogP contribution in [0.2, 0.25) is 0 Å². The number of fused-ring (bicyclic) bond motifs is 2. The Morgan fingerprint density at radius 1 is 0.694 bits per heavy atom. The Hall–Kier alpha value is -3.27. The van der Waals surface area contributed by atoms with Gasteiger partial charge in [0.25, 0.3) is 0 Å². The lowest BCUT2D eigenvalue weighted by Crippen LogP contribution is -2.42. The Balaban J connectivity index is 1.28. The third-order valence-electron chi connectivity index (χ3n) is 12.3. The van der Waals surface area contributed by atoms with Gasteiger partial charge in [-0.2, -0.15) is 0 Å². The first-order valence-electron chi connectivity index (χ1n) is 23.9. The van der Waals surface area contributed by atoms with Crippen molar-refractivity contribution in [3.05, 3.63) is 69.2 Å². The minimum Gasteiger partial charge on any atom is -0.511 e. The normalized spacial score (nSPS) is 21.8. The molecule has 0 radical (unpaired) electrons. The van der Waals surface area contributed by atoms with E-state index < -0.39 is 5.92 Å². The van der Waals surface area contributed by atoms with Gasteiger partial charge in [-0.1, -0.05) is 23.3 Å². The highest BCUT2D eigenvalue weighted by atomic mass is 16.5. The number of ether oxygens (including phenoxy) is 3. The number of aliphatic hydroxyl groups is 1. The van der Waals surface area contributed by atoms with E-state index >= 15 is 0 Å². The average molecular weight is 863 g/mol. The van der Waals surface area contributed by atoms with Crippen molar-refractivity contribution in [1.29, 1.82) is 0 Å². The molecule has 1 aromatic rings. The molecule has 0 amide bonds. The fourth-order valence-corrected chi connectivity index (χ4v) is 8.83. The van der Waals surface area contributed by atoms with Gasteiger partial charge in [0.1, 0.15) is 11.5 Å². The number of nitrogens with one attached hydrogen (secondary N) is 6. The third-order valence-corrected chi connectivity index (χ3v) is 12.3. The molecule has 348 valence electrons. The van der Waals surface area contributed by atoms with Crippen molar-refractivity contribution >= 4 is 5.78 Å². The molecule has 2 aliphatic carbocycles. The van der Waals surface area contributed by atoms with Crippen molar-refractivity contribution < 1.29 is 24.1 Å². The summed E-state index contributed by atoms with van der Waals surface area (Å²) in [6.45, 7) is 27.4. The van der Waals surface area contributed by atoms with Crippen LogP contribution in [0, 0.1) is 11.8 Å². The number of unbranched alkanes of at least 4 members (excludes halogenated alkanes) is 2. The fraction of sp³-hybridized carbons (Fsp3) is 0.694. The van der Waals surface area contributed by atoms with Gasteiger partial charge in [-0.25, -0.2) is 0 Å². The van der Waals surface area contributed by atoms with Crippen molar-refractivity contribution in [2.45, 2.75) is 72.6 Å². The molecule has 0 spiro atoms. The summed E-state index contributed by atoms with van der Waals surface area (Å²) < 4.78 is 19.2. The van der Waals surface area contributed by atoms with Crippen LogP contribution in [-0.4, -0.2) is 159 Å². The molecule has 0 bridgehead atoms. The van der Waals surface area contributed by atoms with Gasteiger partial charge in [0, 0.05) is 127 Å². The molecule has 2 aliphatic heterocycles. The molecule has 7 N–H and O–H groups in total. The first-order valence-corrected chi connectivity index (χ1v) is 23.9. The molecule has 62 heavy (non-hydrogen) atoms. The average Bonchev–Trinajstić information content (AvgIpc) is 3.23. The molecule has 0 aromatic heterocycles. The molecule has 2 atom stereocenters. The number of hydrogen-bond acceptors (Lipinski definition) is 13. The Bertz CT molecular complexity index is 1630. The van der Waals surface area contributed by atoms with E-state index in [0.717, 1.165) is 166 Å². The van der Waals surface area contributed by atoms with E-state index in [1.165, 1.54) is 0 Å². The van der Waals surface area contributed by atoms with Crippen LogP contribution in [0.15, 0.2) is 52.5 Å². The molecule has 4 aliphatic rings. The number of carbonyl (C=O) groups is 1. The largest absolute Gasteiger partial charge is 0.511 e. The molecule has 2 unspecified atom stereocenters. The van der Waals surface area contributed by atoms with Crippen LogP contribution >= 0.6 is 0 Å². The monoisotopic (exact) mass is 863 g/mol. The predicted octanol–water partition coefficient (Wildman–Crippen LogP) is 4.37. The number of ketones is 1. The minimum atomic E-state index is -0.669. The quantitative estimate of drug-likeness (QED) is 0.0882. The van der Waals surface area contributed by atoms with Gasteiger partial charge >= 0.3 is 0 Å². The number of aliphatic hydroxyl groups excluding tert-OH is 1. The van der Waals surface area contributed by atoms with Crippen molar-refractivity contribution in [2.24, 2.45) is 11.8 Å². The highest BCUT2D eigenvalue weighted by Gasteiger charge is 2.44. The SMILES string of the molecule is COc1c(OCCCCN2CCNCCNCCNCC2)cc2c(c1CC=C(C)C)C(=O)C1C(O)=C(CC=C(C)C)C(OCCCCN3CCNCCNCCNCC3)=CC1C2. The number of benzene rings is 1. The fourth-order valence-electron chi connectivity index (χ4n) is 8.83. The van der Waals surface area contributed by atoms with Crippen molar-refractivity contribution in [3.8, 4) is 11.5 Å². The van der Waals surface area contributed by atoms with E-state index in [2.05, 4.69) is 87.6 Å². The van der Waals surface area contributed by atoms with Gasteiger partial charge < -0.3 is 61.0 Å². The van der Waals surface area contributed by atoms with Crippen molar-refractivity contribution in [2.75, 3.05) is 138 Å². The van der Waals surface area contributed by atoms with Crippen LogP contribution in [-0.2, 0) is 17.6 Å². The van der Waals surface area contributed by atoms with Crippen molar-refractivity contribution in [1.82, 2.24) is 41.7 Å². The molecule has 5 rings (SSSR count). The molecule has 2 fully saturated rings. The first-order chi connectivity index (χ1) is 30.3. The number of hydrogen-bond donors (Lipinski definition) is 7. The summed E-state index contributed by atoms with van der Waals surface area (Å²) in [6.07, 6.45) is 11.9. The highest BCUT2D eigenvalue weighted by molar-refractivity contribution is 6.04. The number of methoxy groups -OCH3 is 1. The van der Waals surface area contributed by atoms with Crippen LogP contribution in [0.1, 0.15) is 81.3 Å². The zero-order chi connectivity index (χ0) is 43.9. The van der Waals surface area contributed by atoms with Gasteiger partial charge in [0.05, 0.1) is 26.2 Å². The van der Waals surface area contributed by atoms with Crippen LogP contribution in [0.3, 0.4) is 0 Å². The van der Waals surface area contributed by atoms with Gasteiger partial charge in [-0.05, 0) is 103 Å². The standard InChI is InChI=1S/C49H82N8O5/c1-37(2)10-12-41-43(61-32-8-6-26-56-28-22-52-18-14-50-15-19-53-23-29-56)35-40-34-39-36-44(49(60-5)42(13-11-38(3)4)45(39)48(59)46(40)47(41)58)62-33-9-7-27-57-30-24-54-20-16-51-17-21-55-25-31-57/h10-11,35-36,40,46,50-55,58H,6-9,12-34H2,1-5H3. The number of carbonyl (C=O) groups excluding carboxylic acids is 1. The van der Waals surface area contributed by atoms with E-state index in [9.17, 15) is 9.90 Å². The summed E-state index contributed by atoms with van der Waals surface area (Å²) in [5.41, 5.74) is 5.48.